The quantitative estimate of drug-likeness (QED) is 0.865. The second kappa shape index (κ2) is 5.91. The Hall–Kier alpha value is -0.480. The first-order valence-corrected chi connectivity index (χ1v) is 5.83. The molecule has 1 atom stereocenters. The predicted molar refractivity (Wildman–Crippen MR) is 72.2 cm³/mol. The molecule has 1 aromatic carbocycles. The van der Waals surface area contributed by atoms with Crippen LogP contribution >= 0.6 is 35.6 Å². The molecule has 1 heterocycles. The summed E-state index contributed by atoms with van der Waals surface area (Å²) in [4.78, 5) is 13.8. The molecule has 0 spiro atoms. The highest BCUT2D eigenvalue weighted by Crippen LogP contribution is 2.21. The van der Waals surface area contributed by atoms with Crippen LogP contribution in [0.3, 0.4) is 0 Å². The fourth-order valence-corrected chi connectivity index (χ4v) is 2.36. The fourth-order valence-electron chi connectivity index (χ4n) is 1.83. The lowest BCUT2D eigenvalue weighted by Gasteiger charge is -2.16. The van der Waals surface area contributed by atoms with Crippen molar-refractivity contribution in [3.8, 4) is 0 Å². The fraction of sp³-hybridized carbons (Fsp3) is 0.364. The number of nitrogens with two attached hydrogens (primary N) is 1. The smallest absolute Gasteiger partial charge is 0.254 e. The minimum absolute atomic E-state index is 0. The van der Waals surface area contributed by atoms with Crippen molar-refractivity contribution in [2.75, 3.05) is 13.1 Å². The minimum Gasteiger partial charge on any atom is -0.337 e. The maximum absolute atomic E-state index is 12.1. The maximum Gasteiger partial charge on any atom is 0.254 e. The first-order valence-electron chi connectivity index (χ1n) is 5.07. The second-order valence-electron chi connectivity index (χ2n) is 3.96. The van der Waals surface area contributed by atoms with Gasteiger partial charge in [-0.25, -0.2) is 0 Å². The van der Waals surface area contributed by atoms with Crippen LogP contribution in [-0.2, 0) is 0 Å². The van der Waals surface area contributed by atoms with Crippen LogP contribution < -0.4 is 5.73 Å². The van der Waals surface area contributed by atoms with Crippen LogP contribution in [0.15, 0.2) is 18.2 Å². The summed E-state index contributed by atoms with van der Waals surface area (Å²) in [6.45, 7) is 1.30. The van der Waals surface area contributed by atoms with Gasteiger partial charge in [0, 0.05) is 34.7 Å². The predicted octanol–water partition coefficient (Wildman–Crippen LogP) is 2.59. The van der Waals surface area contributed by atoms with E-state index >= 15 is 0 Å². The molecule has 1 fully saturated rings. The van der Waals surface area contributed by atoms with Crippen LogP contribution in [0.2, 0.25) is 10.0 Å². The summed E-state index contributed by atoms with van der Waals surface area (Å²) in [6, 6.07) is 4.94. The monoisotopic (exact) mass is 294 g/mol. The topological polar surface area (TPSA) is 46.3 Å². The molecule has 0 aliphatic carbocycles. The molecule has 3 nitrogen and oxygen atoms in total. The highest BCUT2D eigenvalue weighted by molar-refractivity contribution is 6.35. The van der Waals surface area contributed by atoms with Crippen LogP contribution in [-0.4, -0.2) is 29.9 Å². The third-order valence-electron chi connectivity index (χ3n) is 2.62. The molecule has 94 valence electrons. The molecule has 6 heteroatoms. The molecule has 1 saturated heterocycles. The number of amides is 1. The lowest BCUT2D eigenvalue weighted by Crippen LogP contribution is -2.31. The van der Waals surface area contributed by atoms with Gasteiger partial charge in [-0.3, -0.25) is 4.79 Å². The first kappa shape index (κ1) is 14.6. The molecule has 2 N–H and O–H groups in total. The highest BCUT2D eigenvalue weighted by Gasteiger charge is 2.24. The average Bonchev–Trinajstić information content (AvgIpc) is 2.62. The number of carbonyl (C=O) groups is 1. The van der Waals surface area contributed by atoms with Crippen molar-refractivity contribution in [1.82, 2.24) is 4.90 Å². The number of hydrogen-bond acceptors (Lipinski definition) is 2. The summed E-state index contributed by atoms with van der Waals surface area (Å²) < 4.78 is 0. The first-order chi connectivity index (χ1) is 7.56. The minimum atomic E-state index is -0.0580. The molecule has 1 unspecified atom stereocenters. The van der Waals surface area contributed by atoms with Gasteiger partial charge >= 0.3 is 0 Å². The number of hydrogen-bond donors (Lipinski definition) is 1. The zero-order valence-corrected chi connectivity index (χ0v) is 11.4. The Balaban J connectivity index is 0.00000144. The number of nitrogens with zero attached hydrogens (tertiary/aromatic N) is 1. The van der Waals surface area contributed by atoms with Crippen molar-refractivity contribution in [3.05, 3.63) is 33.8 Å². The van der Waals surface area contributed by atoms with Gasteiger partial charge in [0.05, 0.1) is 0 Å². The van der Waals surface area contributed by atoms with E-state index < -0.39 is 0 Å². The molecule has 0 aromatic heterocycles. The van der Waals surface area contributed by atoms with Gasteiger partial charge in [-0.15, -0.1) is 12.4 Å². The summed E-state index contributed by atoms with van der Waals surface area (Å²) in [7, 11) is 0. The lowest BCUT2D eigenvalue weighted by atomic mass is 10.2. The van der Waals surface area contributed by atoms with Crippen molar-refractivity contribution in [1.29, 1.82) is 0 Å². The van der Waals surface area contributed by atoms with Crippen LogP contribution in [0, 0.1) is 0 Å². The van der Waals surface area contributed by atoms with E-state index in [4.69, 9.17) is 28.9 Å². The number of likely N-dealkylation sites (tertiary alicyclic amines) is 1. The van der Waals surface area contributed by atoms with E-state index in [0.717, 1.165) is 6.42 Å². The van der Waals surface area contributed by atoms with Crippen LogP contribution in [0.25, 0.3) is 0 Å². The Morgan fingerprint density at radius 3 is 2.35 bits per heavy atom. The summed E-state index contributed by atoms with van der Waals surface area (Å²) in [5.41, 5.74) is 6.27. The van der Waals surface area contributed by atoms with E-state index in [1.165, 1.54) is 0 Å². The van der Waals surface area contributed by atoms with Gasteiger partial charge in [0.15, 0.2) is 0 Å². The van der Waals surface area contributed by atoms with Gasteiger partial charge in [0.1, 0.15) is 0 Å². The number of carbonyl (C=O) groups excluding carboxylic acids is 1. The second-order valence-corrected chi connectivity index (χ2v) is 4.83. The third kappa shape index (κ3) is 3.49. The molecule has 0 radical (unpaired) electrons. The van der Waals surface area contributed by atoms with E-state index in [2.05, 4.69) is 0 Å². The van der Waals surface area contributed by atoms with Crippen molar-refractivity contribution in [3.63, 3.8) is 0 Å². The molecule has 1 aliphatic heterocycles. The summed E-state index contributed by atoms with van der Waals surface area (Å²) in [5.74, 6) is -0.0580. The molecular formula is C11H13Cl3N2O. The van der Waals surface area contributed by atoms with Crippen molar-refractivity contribution in [2.24, 2.45) is 5.73 Å². The van der Waals surface area contributed by atoms with Gasteiger partial charge in [-0.1, -0.05) is 23.2 Å². The Morgan fingerprint density at radius 1 is 1.29 bits per heavy atom. The zero-order chi connectivity index (χ0) is 11.7. The van der Waals surface area contributed by atoms with Gasteiger partial charge in [-0.2, -0.15) is 0 Å². The number of halogens is 3. The summed E-state index contributed by atoms with van der Waals surface area (Å²) >= 11 is 11.7. The average molecular weight is 296 g/mol. The highest BCUT2D eigenvalue weighted by atomic mass is 35.5. The molecule has 17 heavy (non-hydrogen) atoms. The largest absolute Gasteiger partial charge is 0.337 e. The summed E-state index contributed by atoms with van der Waals surface area (Å²) in [5, 5.41) is 0.943. The van der Waals surface area contributed by atoms with E-state index in [-0.39, 0.29) is 24.4 Å². The van der Waals surface area contributed by atoms with Gasteiger partial charge in [0.2, 0.25) is 0 Å². The van der Waals surface area contributed by atoms with Crippen LogP contribution in [0.1, 0.15) is 16.8 Å². The third-order valence-corrected chi connectivity index (χ3v) is 3.06. The van der Waals surface area contributed by atoms with Crippen molar-refractivity contribution >= 4 is 41.5 Å². The maximum atomic E-state index is 12.1. The summed E-state index contributed by atoms with van der Waals surface area (Å²) in [6.07, 6.45) is 0.847. The Labute approximate surface area is 116 Å². The lowest BCUT2D eigenvalue weighted by molar-refractivity contribution is 0.0791. The molecule has 2 rings (SSSR count). The molecule has 0 saturated carbocycles. The SMILES string of the molecule is Cl.NC1CCN(C(=O)c2cc(Cl)cc(Cl)c2)C1. The Bertz CT molecular complexity index is 405. The Kier molecular flexibility index (Phi) is 5.07. The molecule has 0 bridgehead atoms. The number of rotatable bonds is 1. The molecule has 1 aliphatic rings. The normalized spacial score (nSPS) is 19.0. The van der Waals surface area contributed by atoms with E-state index in [1.54, 1.807) is 23.1 Å². The van der Waals surface area contributed by atoms with Gasteiger partial charge in [-0.05, 0) is 24.6 Å². The zero-order valence-electron chi connectivity index (χ0n) is 9.03. The molecule has 1 aromatic rings. The van der Waals surface area contributed by atoms with E-state index in [0.29, 0.717) is 28.7 Å². The van der Waals surface area contributed by atoms with Gasteiger partial charge in [0.25, 0.3) is 5.91 Å². The Morgan fingerprint density at radius 2 is 1.88 bits per heavy atom. The number of benzene rings is 1. The van der Waals surface area contributed by atoms with Gasteiger partial charge < -0.3 is 10.6 Å². The van der Waals surface area contributed by atoms with E-state index in [1.807, 2.05) is 0 Å². The van der Waals surface area contributed by atoms with Crippen molar-refractivity contribution < 1.29 is 4.79 Å². The van der Waals surface area contributed by atoms with Crippen LogP contribution in [0.5, 0.6) is 0 Å². The van der Waals surface area contributed by atoms with Crippen LogP contribution in [0.4, 0.5) is 0 Å². The van der Waals surface area contributed by atoms with Crippen molar-refractivity contribution in [2.45, 2.75) is 12.5 Å². The molecular weight excluding hydrogens is 282 g/mol. The standard InChI is InChI=1S/C11H12Cl2N2O.ClH/c12-8-3-7(4-9(13)5-8)11(16)15-2-1-10(14)6-15;/h3-5,10H,1-2,6,14H2;1H. The molecule has 1 amide bonds. The van der Waals surface area contributed by atoms with E-state index in [9.17, 15) is 4.79 Å².